The summed E-state index contributed by atoms with van der Waals surface area (Å²) in [6.45, 7) is 1.93. The highest BCUT2D eigenvalue weighted by Crippen LogP contribution is 2.07. The van der Waals surface area contributed by atoms with Crippen LogP contribution in [-0.4, -0.2) is 15.9 Å². The first-order valence-corrected chi connectivity index (χ1v) is 5.11. The SMILES string of the molecule is Cc1ccc(NC(=O)c2ccc(N)cn2)nc1. The maximum absolute atomic E-state index is 11.8. The maximum atomic E-state index is 11.8. The van der Waals surface area contributed by atoms with Gasteiger partial charge in [-0.15, -0.1) is 0 Å². The molecule has 0 aliphatic rings. The van der Waals surface area contributed by atoms with E-state index in [4.69, 9.17) is 5.73 Å². The third kappa shape index (κ3) is 2.78. The Bertz CT molecular complexity index is 519. The van der Waals surface area contributed by atoms with Gasteiger partial charge in [0.05, 0.1) is 11.9 Å². The van der Waals surface area contributed by atoms with Crippen molar-refractivity contribution in [3.63, 3.8) is 0 Å². The van der Waals surface area contributed by atoms with Crippen LogP contribution in [0.5, 0.6) is 0 Å². The summed E-state index contributed by atoms with van der Waals surface area (Å²) in [6, 6.07) is 6.81. The standard InChI is InChI=1S/C12H12N4O/c1-8-2-5-11(15-6-8)16-12(17)10-4-3-9(13)7-14-10/h2-7H,13H2,1H3,(H,15,16,17). The number of hydrogen-bond acceptors (Lipinski definition) is 4. The third-order valence-electron chi connectivity index (χ3n) is 2.17. The topological polar surface area (TPSA) is 80.9 Å². The first-order valence-electron chi connectivity index (χ1n) is 5.11. The Morgan fingerprint density at radius 2 is 2.00 bits per heavy atom. The van der Waals surface area contributed by atoms with Crippen LogP contribution >= 0.6 is 0 Å². The second-order valence-corrected chi connectivity index (χ2v) is 3.65. The Labute approximate surface area is 98.7 Å². The van der Waals surface area contributed by atoms with Crippen molar-refractivity contribution < 1.29 is 4.79 Å². The minimum absolute atomic E-state index is 0.304. The smallest absolute Gasteiger partial charge is 0.275 e. The van der Waals surface area contributed by atoms with Gasteiger partial charge in [0.2, 0.25) is 0 Å². The van der Waals surface area contributed by atoms with Crippen molar-refractivity contribution in [2.45, 2.75) is 6.92 Å². The Morgan fingerprint density at radius 1 is 1.18 bits per heavy atom. The molecule has 2 aromatic rings. The zero-order valence-electron chi connectivity index (χ0n) is 9.34. The van der Waals surface area contributed by atoms with E-state index in [0.29, 0.717) is 17.2 Å². The van der Waals surface area contributed by atoms with E-state index in [2.05, 4.69) is 15.3 Å². The molecule has 5 heteroatoms. The number of pyridine rings is 2. The number of anilines is 2. The average Bonchev–Trinajstić information content (AvgIpc) is 2.33. The first kappa shape index (κ1) is 11.1. The van der Waals surface area contributed by atoms with E-state index in [1.54, 1.807) is 24.4 Å². The Kier molecular flexibility index (Phi) is 3.00. The lowest BCUT2D eigenvalue weighted by molar-refractivity contribution is 0.102. The zero-order valence-corrected chi connectivity index (χ0v) is 9.34. The fraction of sp³-hybridized carbons (Fsp3) is 0.0833. The van der Waals surface area contributed by atoms with E-state index >= 15 is 0 Å². The van der Waals surface area contributed by atoms with Crippen LogP contribution in [0.2, 0.25) is 0 Å². The summed E-state index contributed by atoms with van der Waals surface area (Å²) in [5, 5.41) is 2.65. The third-order valence-corrected chi connectivity index (χ3v) is 2.17. The number of carbonyl (C=O) groups is 1. The molecule has 86 valence electrons. The number of nitrogens with zero attached hydrogens (tertiary/aromatic N) is 2. The van der Waals surface area contributed by atoms with Gasteiger partial charge in [0, 0.05) is 6.20 Å². The molecule has 0 aliphatic heterocycles. The molecule has 0 saturated heterocycles. The Balaban J connectivity index is 2.11. The molecule has 0 spiro atoms. The molecule has 0 fully saturated rings. The number of nitrogens with two attached hydrogens (primary N) is 1. The summed E-state index contributed by atoms with van der Waals surface area (Å²) in [7, 11) is 0. The van der Waals surface area contributed by atoms with Gasteiger partial charge < -0.3 is 11.1 Å². The van der Waals surface area contributed by atoms with Crippen LogP contribution in [0.1, 0.15) is 16.1 Å². The van der Waals surface area contributed by atoms with Gasteiger partial charge in [-0.25, -0.2) is 9.97 Å². The van der Waals surface area contributed by atoms with Gasteiger partial charge in [0.25, 0.3) is 5.91 Å². The minimum atomic E-state index is -0.304. The van der Waals surface area contributed by atoms with Gasteiger partial charge in [-0.3, -0.25) is 4.79 Å². The van der Waals surface area contributed by atoms with Crippen LogP contribution in [0, 0.1) is 6.92 Å². The van der Waals surface area contributed by atoms with Crippen molar-refractivity contribution in [2.24, 2.45) is 0 Å². The van der Waals surface area contributed by atoms with Crippen molar-refractivity contribution in [2.75, 3.05) is 11.1 Å². The largest absolute Gasteiger partial charge is 0.397 e. The molecule has 2 aromatic heterocycles. The zero-order chi connectivity index (χ0) is 12.3. The number of nitrogen functional groups attached to an aromatic ring is 1. The molecule has 3 N–H and O–H groups in total. The lowest BCUT2D eigenvalue weighted by atomic mass is 10.3. The highest BCUT2D eigenvalue weighted by molar-refractivity contribution is 6.02. The van der Waals surface area contributed by atoms with Crippen molar-refractivity contribution in [3.05, 3.63) is 47.9 Å². The molecule has 0 saturated carbocycles. The summed E-state index contributed by atoms with van der Waals surface area (Å²) >= 11 is 0. The van der Waals surface area contributed by atoms with Crippen LogP contribution in [0.25, 0.3) is 0 Å². The maximum Gasteiger partial charge on any atom is 0.275 e. The van der Waals surface area contributed by atoms with E-state index in [1.165, 1.54) is 6.20 Å². The number of nitrogens with one attached hydrogen (secondary N) is 1. The predicted molar refractivity (Wildman–Crippen MR) is 65.6 cm³/mol. The molecule has 5 nitrogen and oxygen atoms in total. The van der Waals surface area contributed by atoms with Gasteiger partial charge in [-0.05, 0) is 30.7 Å². The van der Waals surface area contributed by atoms with E-state index in [9.17, 15) is 4.79 Å². The molecule has 0 unspecified atom stereocenters. The van der Waals surface area contributed by atoms with Crippen molar-refractivity contribution >= 4 is 17.4 Å². The van der Waals surface area contributed by atoms with Crippen molar-refractivity contribution in [1.29, 1.82) is 0 Å². The first-order chi connectivity index (χ1) is 8.15. The van der Waals surface area contributed by atoms with E-state index in [0.717, 1.165) is 5.56 Å². The van der Waals surface area contributed by atoms with Crippen LogP contribution in [0.3, 0.4) is 0 Å². The molecular formula is C12H12N4O. The number of hydrogen-bond donors (Lipinski definition) is 2. The van der Waals surface area contributed by atoms with Crippen molar-refractivity contribution in [3.8, 4) is 0 Å². The number of aryl methyl sites for hydroxylation is 1. The quantitative estimate of drug-likeness (QED) is 0.818. The van der Waals surface area contributed by atoms with Crippen LogP contribution in [-0.2, 0) is 0 Å². The summed E-state index contributed by atoms with van der Waals surface area (Å²) in [5.41, 5.74) is 7.36. The van der Waals surface area contributed by atoms with Crippen LogP contribution in [0.4, 0.5) is 11.5 Å². The highest BCUT2D eigenvalue weighted by atomic mass is 16.1. The van der Waals surface area contributed by atoms with E-state index in [-0.39, 0.29) is 5.91 Å². The second kappa shape index (κ2) is 4.61. The molecule has 0 radical (unpaired) electrons. The molecule has 0 aliphatic carbocycles. The van der Waals surface area contributed by atoms with Gasteiger partial charge >= 0.3 is 0 Å². The summed E-state index contributed by atoms with van der Waals surface area (Å²) in [4.78, 5) is 19.8. The molecule has 0 aromatic carbocycles. The summed E-state index contributed by atoms with van der Waals surface area (Å²) < 4.78 is 0. The average molecular weight is 228 g/mol. The molecular weight excluding hydrogens is 216 g/mol. The second-order valence-electron chi connectivity index (χ2n) is 3.65. The summed E-state index contributed by atoms with van der Waals surface area (Å²) in [6.07, 6.45) is 3.13. The number of aromatic nitrogens is 2. The minimum Gasteiger partial charge on any atom is -0.397 e. The molecule has 0 atom stereocenters. The Hall–Kier alpha value is -2.43. The Morgan fingerprint density at radius 3 is 2.59 bits per heavy atom. The van der Waals surface area contributed by atoms with E-state index in [1.807, 2.05) is 13.0 Å². The lowest BCUT2D eigenvalue weighted by Gasteiger charge is -2.04. The fourth-order valence-electron chi connectivity index (χ4n) is 1.26. The molecule has 2 rings (SSSR count). The van der Waals surface area contributed by atoms with Crippen molar-refractivity contribution in [1.82, 2.24) is 9.97 Å². The van der Waals surface area contributed by atoms with Crippen LogP contribution in [0.15, 0.2) is 36.7 Å². The molecule has 17 heavy (non-hydrogen) atoms. The van der Waals surface area contributed by atoms with Gasteiger partial charge in [0.15, 0.2) is 0 Å². The monoisotopic (exact) mass is 228 g/mol. The van der Waals surface area contributed by atoms with Crippen LogP contribution < -0.4 is 11.1 Å². The van der Waals surface area contributed by atoms with E-state index < -0.39 is 0 Å². The molecule has 0 bridgehead atoms. The molecule has 2 heterocycles. The fourth-order valence-corrected chi connectivity index (χ4v) is 1.26. The molecule has 1 amide bonds. The number of carbonyl (C=O) groups excluding carboxylic acids is 1. The highest BCUT2D eigenvalue weighted by Gasteiger charge is 2.07. The predicted octanol–water partition coefficient (Wildman–Crippen LogP) is 1.62. The van der Waals surface area contributed by atoms with Gasteiger partial charge in [0.1, 0.15) is 11.5 Å². The number of amides is 1. The van der Waals surface area contributed by atoms with Gasteiger partial charge in [-0.1, -0.05) is 6.07 Å². The lowest BCUT2D eigenvalue weighted by Crippen LogP contribution is -2.14. The van der Waals surface area contributed by atoms with Gasteiger partial charge in [-0.2, -0.15) is 0 Å². The number of rotatable bonds is 2. The normalized spacial score (nSPS) is 9.94. The summed E-state index contributed by atoms with van der Waals surface area (Å²) in [5.74, 6) is 0.195.